The number of primary amides is 1. The largest absolute Gasteiger partial charge is 0.480 e. The third kappa shape index (κ3) is 5.09. The van der Waals surface area contributed by atoms with Gasteiger partial charge in [0, 0.05) is 31.1 Å². The fraction of sp³-hybridized carbons (Fsp3) is 0.833. The Hall–Kier alpha value is -2.28. The number of nitrogens with two attached hydrogens (primary N) is 1. The average molecular weight is 513 g/mol. The van der Waals surface area contributed by atoms with Crippen molar-refractivity contribution in [2.75, 3.05) is 0 Å². The molecule has 4 N–H and O–H groups in total. The molecular weight excluding hydrogens is 476 g/mol. The molecule has 0 radical (unpaired) electrons. The van der Waals surface area contributed by atoms with Crippen molar-refractivity contribution >= 4 is 23.8 Å². The van der Waals surface area contributed by atoms with Gasteiger partial charge >= 0.3 is 11.9 Å². The van der Waals surface area contributed by atoms with E-state index in [2.05, 4.69) is 12.2 Å². The SMILES string of the molecule is C[C@H]1[C@H](OC(=O)CCC(=O)NC(CCC(N)=O)C(=O)O)O[C@@H]2OC3(C)CC[C@H]4[C@H](C)CC[C@@H]1C24OO3. The van der Waals surface area contributed by atoms with E-state index in [9.17, 15) is 24.3 Å². The predicted molar refractivity (Wildman–Crippen MR) is 120 cm³/mol. The monoisotopic (exact) mass is 512 g/mol. The van der Waals surface area contributed by atoms with Crippen LogP contribution < -0.4 is 11.1 Å². The molecule has 202 valence electrons. The Morgan fingerprint density at radius 2 is 1.83 bits per heavy atom. The third-order valence-corrected chi connectivity index (χ3v) is 8.21. The Bertz CT molecular complexity index is 898. The van der Waals surface area contributed by atoms with E-state index in [1.165, 1.54) is 0 Å². The summed E-state index contributed by atoms with van der Waals surface area (Å²) in [6, 6.07) is -1.27. The van der Waals surface area contributed by atoms with E-state index in [-0.39, 0.29) is 43.4 Å². The second kappa shape index (κ2) is 10.2. The fourth-order valence-corrected chi connectivity index (χ4v) is 6.22. The van der Waals surface area contributed by atoms with Crippen LogP contribution in [0.4, 0.5) is 0 Å². The van der Waals surface area contributed by atoms with Gasteiger partial charge in [-0.05, 0) is 44.4 Å². The maximum Gasteiger partial charge on any atom is 0.326 e. The van der Waals surface area contributed by atoms with Crippen molar-refractivity contribution < 1.29 is 48.3 Å². The first-order valence-corrected chi connectivity index (χ1v) is 12.7. The first kappa shape index (κ1) is 26.8. The lowest BCUT2D eigenvalue weighted by Gasteiger charge is -2.59. The summed E-state index contributed by atoms with van der Waals surface area (Å²) in [7, 11) is 0. The van der Waals surface area contributed by atoms with Gasteiger partial charge in [-0.25, -0.2) is 14.6 Å². The summed E-state index contributed by atoms with van der Waals surface area (Å²) < 4.78 is 18.1. The number of carboxylic acids is 1. The van der Waals surface area contributed by atoms with Crippen molar-refractivity contribution in [1.29, 1.82) is 0 Å². The molecule has 0 aromatic heterocycles. The van der Waals surface area contributed by atoms with Gasteiger partial charge in [0.2, 0.25) is 23.9 Å². The van der Waals surface area contributed by atoms with Crippen molar-refractivity contribution in [2.45, 2.75) is 102 Å². The van der Waals surface area contributed by atoms with Crippen molar-refractivity contribution in [3.05, 3.63) is 0 Å². The first-order valence-electron chi connectivity index (χ1n) is 12.7. The number of hydrogen-bond donors (Lipinski definition) is 3. The van der Waals surface area contributed by atoms with Crippen LogP contribution in [0.1, 0.15) is 72.1 Å². The van der Waals surface area contributed by atoms with E-state index >= 15 is 0 Å². The molecule has 1 aliphatic carbocycles. The number of nitrogens with one attached hydrogen (secondary N) is 1. The topological polar surface area (TPSA) is 173 Å². The van der Waals surface area contributed by atoms with Gasteiger partial charge in [0.15, 0.2) is 11.9 Å². The zero-order valence-corrected chi connectivity index (χ0v) is 20.9. The predicted octanol–water partition coefficient (Wildman–Crippen LogP) is 1.35. The number of ether oxygens (including phenoxy) is 3. The summed E-state index contributed by atoms with van der Waals surface area (Å²) in [5.41, 5.74) is 4.27. The van der Waals surface area contributed by atoms with Gasteiger partial charge in [0.25, 0.3) is 0 Å². The van der Waals surface area contributed by atoms with E-state index in [1.807, 2.05) is 13.8 Å². The molecule has 9 atom stereocenters. The van der Waals surface area contributed by atoms with Crippen LogP contribution >= 0.6 is 0 Å². The minimum absolute atomic E-state index is 0.0113. The highest BCUT2D eigenvalue weighted by Gasteiger charge is 2.69. The zero-order chi connectivity index (χ0) is 26.3. The number of carboxylic acid groups (broad SMARTS) is 1. The summed E-state index contributed by atoms with van der Waals surface area (Å²) in [5, 5.41) is 11.5. The first-order chi connectivity index (χ1) is 16.9. The molecule has 1 spiro atoms. The van der Waals surface area contributed by atoms with Crippen LogP contribution in [0.25, 0.3) is 0 Å². The van der Waals surface area contributed by atoms with Gasteiger partial charge in [-0.15, -0.1) is 0 Å². The van der Waals surface area contributed by atoms with Gasteiger partial charge in [-0.1, -0.05) is 13.8 Å². The van der Waals surface area contributed by atoms with E-state index in [0.717, 1.165) is 19.3 Å². The lowest BCUT2D eigenvalue weighted by atomic mass is 9.58. The van der Waals surface area contributed by atoms with Crippen LogP contribution in [-0.4, -0.2) is 58.9 Å². The standard InChI is InChI=1S/C24H36N2O10/c1-12-4-5-15-13(2)21(33-22-24(15)14(12)10-11-23(3,34-22)35-36-24)32-19(29)9-8-18(28)26-16(20(30)31)6-7-17(25)27/h12-16,21-22H,4-11H2,1-3H3,(H2,25,27)(H,26,28)(H,30,31)/t12-,13-,14+,15+,16?,21-,22-,23?,24?/m1/s1. The van der Waals surface area contributed by atoms with Crippen molar-refractivity contribution in [3.63, 3.8) is 0 Å². The number of fused-ring (bicyclic) bond motifs is 2. The lowest BCUT2D eigenvalue weighted by molar-refractivity contribution is -0.576. The number of hydrogen-bond acceptors (Lipinski definition) is 9. The Labute approximate surface area is 209 Å². The van der Waals surface area contributed by atoms with E-state index < -0.39 is 53.8 Å². The molecule has 2 bridgehead atoms. The van der Waals surface area contributed by atoms with Crippen molar-refractivity contribution in [3.8, 4) is 0 Å². The molecule has 3 unspecified atom stereocenters. The smallest absolute Gasteiger partial charge is 0.326 e. The van der Waals surface area contributed by atoms with E-state index in [1.54, 1.807) is 0 Å². The average Bonchev–Trinajstić information content (AvgIpc) is 3.04. The quantitative estimate of drug-likeness (QED) is 0.302. The highest BCUT2D eigenvalue weighted by molar-refractivity contribution is 5.86. The molecular formula is C24H36N2O10. The molecule has 4 heterocycles. The molecule has 0 aromatic carbocycles. The number of rotatable bonds is 9. The number of carbonyl (C=O) groups is 4. The molecule has 1 saturated carbocycles. The van der Waals surface area contributed by atoms with Gasteiger partial charge in [-0.3, -0.25) is 14.4 Å². The van der Waals surface area contributed by atoms with Gasteiger partial charge in [0.1, 0.15) is 6.04 Å². The molecule has 5 aliphatic rings. The molecule has 12 heteroatoms. The second-order valence-electron chi connectivity index (χ2n) is 10.7. The molecule has 12 nitrogen and oxygen atoms in total. The maximum absolute atomic E-state index is 12.6. The van der Waals surface area contributed by atoms with E-state index in [4.69, 9.17) is 29.7 Å². The number of carbonyl (C=O) groups excluding carboxylic acids is 3. The highest BCUT2D eigenvalue weighted by atomic mass is 17.3. The summed E-state index contributed by atoms with van der Waals surface area (Å²) in [6.45, 7) is 5.97. The molecule has 5 rings (SSSR count). The molecule has 2 amide bonds. The lowest BCUT2D eigenvalue weighted by Crippen LogP contribution is -2.70. The van der Waals surface area contributed by atoms with Crippen LogP contribution in [0.3, 0.4) is 0 Å². The molecule has 5 fully saturated rings. The fourth-order valence-electron chi connectivity index (χ4n) is 6.22. The zero-order valence-electron chi connectivity index (χ0n) is 20.9. The minimum atomic E-state index is -1.29. The number of aliphatic carboxylic acids is 1. The normalized spacial score (nSPS) is 39.9. The summed E-state index contributed by atoms with van der Waals surface area (Å²) in [4.78, 5) is 58.9. The van der Waals surface area contributed by atoms with Crippen LogP contribution in [0.15, 0.2) is 0 Å². The van der Waals surface area contributed by atoms with Crippen molar-refractivity contribution in [1.82, 2.24) is 5.32 Å². The molecule has 4 aliphatic heterocycles. The third-order valence-electron chi connectivity index (χ3n) is 8.21. The molecule has 0 aromatic rings. The minimum Gasteiger partial charge on any atom is -0.480 e. The van der Waals surface area contributed by atoms with Crippen LogP contribution in [0, 0.1) is 23.7 Å². The Morgan fingerprint density at radius 3 is 2.53 bits per heavy atom. The Balaban J connectivity index is 1.36. The highest BCUT2D eigenvalue weighted by Crippen LogP contribution is 2.60. The van der Waals surface area contributed by atoms with Gasteiger partial charge in [-0.2, -0.15) is 0 Å². The molecule has 4 saturated heterocycles. The number of amides is 2. The van der Waals surface area contributed by atoms with Crippen LogP contribution in [0.5, 0.6) is 0 Å². The van der Waals surface area contributed by atoms with Crippen molar-refractivity contribution in [2.24, 2.45) is 29.4 Å². The summed E-state index contributed by atoms with van der Waals surface area (Å²) in [5.74, 6) is -3.82. The van der Waals surface area contributed by atoms with Gasteiger partial charge < -0.3 is 30.4 Å². The summed E-state index contributed by atoms with van der Waals surface area (Å²) >= 11 is 0. The number of esters is 1. The van der Waals surface area contributed by atoms with Gasteiger partial charge in [0.05, 0.1) is 6.42 Å². The Kier molecular flexibility index (Phi) is 7.61. The molecule has 36 heavy (non-hydrogen) atoms. The second-order valence-corrected chi connectivity index (χ2v) is 10.7. The maximum atomic E-state index is 12.6. The van der Waals surface area contributed by atoms with E-state index in [0.29, 0.717) is 12.3 Å². The summed E-state index contributed by atoms with van der Waals surface area (Å²) in [6.07, 6.45) is 0.910. The van der Waals surface area contributed by atoms with Crippen LogP contribution in [0.2, 0.25) is 0 Å². The van der Waals surface area contributed by atoms with Crippen LogP contribution in [-0.2, 0) is 43.2 Å². The Morgan fingerprint density at radius 1 is 1.08 bits per heavy atom.